The highest BCUT2D eigenvalue weighted by Crippen LogP contribution is 2.35. The van der Waals surface area contributed by atoms with Crippen LogP contribution >= 0.6 is 0 Å². The first kappa shape index (κ1) is 16.9. The molecule has 2 aromatic heterocycles. The third-order valence-electron chi connectivity index (χ3n) is 3.60. The Bertz CT molecular complexity index is 948. The number of esters is 1. The molecule has 8 heteroatoms. The molecule has 0 radical (unpaired) electrons. The highest BCUT2D eigenvalue weighted by Gasteiger charge is 2.41. The van der Waals surface area contributed by atoms with Crippen molar-refractivity contribution in [1.82, 2.24) is 14.8 Å². The minimum absolute atomic E-state index is 0.0291. The average Bonchev–Trinajstić information content (AvgIpc) is 2.99. The van der Waals surface area contributed by atoms with E-state index in [-0.39, 0.29) is 12.3 Å². The summed E-state index contributed by atoms with van der Waals surface area (Å²) in [4.78, 5) is 16.1. The fraction of sp³-hybridized carbons (Fsp3) is 0.235. The van der Waals surface area contributed by atoms with Crippen LogP contribution in [0.5, 0.6) is 0 Å². The van der Waals surface area contributed by atoms with E-state index in [4.69, 9.17) is 4.74 Å². The van der Waals surface area contributed by atoms with E-state index in [1.54, 1.807) is 31.3 Å². The van der Waals surface area contributed by atoms with Crippen molar-refractivity contribution >= 4 is 16.9 Å². The van der Waals surface area contributed by atoms with Crippen molar-refractivity contribution in [3.8, 4) is 5.69 Å². The van der Waals surface area contributed by atoms with E-state index in [0.29, 0.717) is 10.9 Å². The second-order valence-corrected chi connectivity index (χ2v) is 5.39. The average molecular weight is 349 g/mol. The largest absolute Gasteiger partial charge is 0.462 e. The summed E-state index contributed by atoms with van der Waals surface area (Å²) >= 11 is 0. The van der Waals surface area contributed by atoms with Crippen LogP contribution in [-0.2, 0) is 10.9 Å². The number of aryl methyl sites for hydroxylation is 1. The number of nitrogens with zero attached hydrogens (tertiary/aromatic N) is 3. The molecule has 0 bridgehead atoms. The second kappa shape index (κ2) is 6.19. The zero-order valence-corrected chi connectivity index (χ0v) is 13.5. The number of halogens is 3. The van der Waals surface area contributed by atoms with Crippen LogP contribution in [0.2, 0.25) is 0 Å². The van der Waals surface area contributed by atoms with Gasteiger partial charge in [-0.25, -0.2) is 9.48 Å². The maximum Gasteiger partial charge on any atom is 0.434 e. The molecule has 0 amide bonds. The predicted octanol–water partition coefficient (Wildman–Crippen LogP) is 3.92. The Morgan fingerprint density at radius 2 is 2.04 bits per heavy atom. The lowest BCUT2D eigenvalue weighted by atomic mass is 10.1. The molecule has 3 aromatic rings. The first-order valence-corrected chi connectivity index (χ1v) is 7.51. The molecule has 0 unspecified atom stereocenters. The molecule has 0 saturated heterocycles. The predicted molar refractivity (Wildman–Crippen MR) is 84.6 cm³/mol. The lowest BCUT2D eigenvalue weighted by Crippen LogP contribution is -2.18. The number of fused-ring (bicyclic) bond motifs is 1. The Morgan fingerprint density at radius 1 is 1.28 bits per heavy atom. The summed E-state index contributed by atoms with van der Waals surface area (Å²) in [6.07, 6.45) is -2.27. The number of rotatable bonds is 3. The van der Waals surface area contributed by atoms with Crippen LogP contribution in [-0.4, -0.2) is 27.3 Å². The van der Waals surface area contributed by atoms with Gasteiger partial charge in [-0.3, -0.25) is 4.98 Å². The van der Waals surface area contributed by atoms with Gasteiger partial charge in [0.2, 0.25) is 0 Å². The van der Waals surface area contributed by atoms with Crippen molar-refractivity contribution < 1.29 is 22.7 Å². The minimum atomic E-state index is -4.78. The van der Waals surface area contributed by atoms with Crippen LogP contribution in [0.1, 0.15) is 28.5 Å². The van der Waals surface area contributed by atoms with Crippen molar-refractivity contribution in [1.29, 1.82) is 0 Å². The van der Waals surface area contributed by atoms with E-state index in [0.717, 1.165) is 16.4 Å². The van der Waals surface area contributed by atoms with Crippen molar-refractivity contribution in [2.24, 2.45) is 0 Å². The van der Waals surface area contributed by atoms with Gasteiger partial charge in [-0.1, -0.05) is 6.07 Å². The van der Waals surface area contributed by atoms with Gasteiger partial charge in [0.1, 0.15) is 5.56 Å². The molecule has 130 valence electrons. The first-order chi connectivity index (χ1) is 11.8. The first-order valence-electron chi connectivity index (χ1n) is 7.51. The number of carbonyl (C=O) groups excluding carboxylic acids is 1. The van der Waals surface area contributed by atoms with Gasteiger partial charge in [-0.05, 0) is 37.6 Å². The lowest BCUT2D eigenvalue weighted by Gasteiger charge is -2.14. The molecule has 2 heterocycles. The van der Waals surface area contributed by atoms with Crippen molar-refractivity contribution in [3.05, 3.63) is 53.5 Å². The Labute approximate surface area is 141 Å². The number of hydrogen-bond acceptors (Lipinski definition) is 4. The number of carbonyl (C=O) groups is 1. The van der Waals surface area contributed by atoms with Crippen molar-refractivity contribution in [2.45, 2.75) is 20.0 Å². The van der Waals surface area contributed by atoms with Crippen LogP contribution in [0.4, 0.5) is 13.2 Å². The molecule has 0 spiro atoms. The molecule has 0 fully saturated rings. The van der Waals surface area contributed by atoms with Crippen LogP contribution < -0.4 is 0 Å². The molecule has 0 aliphatic carbocycles. The van der Waals surface area contributed by atoms with Crippen molar-refractivity contribution in [2.75, 3.05) is 6.61 Å². The summed E-state index contributed by atoms with van der Waals surface area (Å²) in [6, 6.07) is 6.51. The molecule has 25 heavy (non-hydrogen) atoms. The highest BCUT2D eigenvalue weighted by molar-refractivity contribution is 5.92. The molecule has 0 atom stereocenters. The molecule has 0 aliphatic rings. The second-order valence-electron chi connectivity index (χ2n) is 5.39. The zero-order valence-electron chi connectivity index (χ0n) is 13.5. The summed E-state index contributed by atoms with van der Waals surface area (Å²) in [5.74, 6) is -1.06. The van der Waals surface area contributed by atoms with E-state index >= 15 is 0 Å². The molecule has 5 nitrogen and oxygen atoms in total. The number of benzene rings is 1. The summed E-state index contributed by atoms with van der Waals surface area (Å²) in [6.45, 7) is 3.29. The summed E-state index contributed by atoms with van der Waals surface area (Å²) in [5, 5.41) is 4.31. The Balaban J connectivity index is 2.28. The van der Waals surface area contributed by atoms with Gasteiger partial charge in [0.05, 0.1) is 24.0 Å². The van der Waals surface area contributed by atoms with E-state index < -0.39 is 23.4 Å². The standard InChI is InChI=1S/C17H14F3N3O2/c1-3-25-16(24)12-9-22-23(15(12)17(18,19)20)14-6-4-5-13-11(14)7-10(2)8-21-13/h4-9H,3H2,1-2H3. The van der Waals surface area contributed by atoms with Gasteiger partial charge < -0.3 is 4.74 Å². The lowest BCUT2D eigenvalue weighted by molar-refractivity contribution is -0.143. The number of alkyl halides is 3. The van der Waals surface area contributed by atoms with E-state index in [1.165, 1.54) is 13.0 Å². The number of pyridine rings is 1. The zero-order chi connectivity index (χ0) is 18.2. The van der Waals surface area contributed by atoms with Crippen molar-refractivity contribution in [3.63, 3.8) is 0 Å². The normalized spacial score (nSPS) is 11.7. The van der Waals surface area contributed by atoms with Gasteiger partial charge in [0, 0.05) is 11.6 Å². The number of ether oxygens (including phenoxy) is 1. The SMILES string of the molecule is CCOC(=O)c1cnn(-c2cccc3ncc(C)cc23)c1C(F)(F)F. The maximum atomic E-state index is 13.6. The van der Waals surface area contributed by atoms with Crippen LogP contribution in [0, 0.1) is 6.92 Å². The molecule has 0 saturated carbocycles. The molecular formula is C17H14F3N3O2. The minimum Gasteiger partial charge on any atom is -0.462 e. The van der Waals surface area contributed by atoms with Gasteiger partial charge in [-0.15, -0.1) is 0 Å². The number of hydrogen-bond donors (Lipinski definition) is 0. The molecular weight excluding hydrogens is 335 g/mol. The summed E-state index contributed by atoms with van der Waals surface area (Å²) in [5.41, 5.74) is -0.265. The van der Waals surface area contributed by atoms with E-state index in [1.807, 2.05) is 0 Å². The smallest absolute Gasteiger partial charge is 0.434 e. The molecule has 3 rings (SSSR count). The van der Waals surface area contributed by atoms with Crippen LogP contribution in [0.3, 0.4) is 0 Å². The van der Waals surface area contributed by atoms with Gasteiger partial charge in [0.25, 0.3) is 0 Å². The van der Waals surface area contributed by atoms with Gasteiger partial charge >= 0.3 is 12.1 Å². The topological polar surface area (TPSA) is 57.0 Å². The highest BCUT2D eigenvalue weighted by atomic mass is 19.4. The fourth-order valence-corrected chi connectivity index (χ4v) is 2.58. The molecule has 0 N–H and O–H groups in total. The van der Waals surface area contributed by atoms with Gasteiger partial charge in [0.15, 0.2) is 5.69 Å². The third kappa shape index (κ3) is 3.07. The Kier molecular flexibility index (Phi) is 4.20. The molecule has 1 aromatic carbocycles. The maximum absolute atomic E-state index is 13.6. The van der Waals surface area contributed by atoms with Crippen LogP contribution in [0.15, 0.2) is 36.7 Å². The molecule has 0 aliphatic heterocycles. The monoisotopic (exact) mass is 349 g/mol. The number of aromatic nitrogens is 3. The van der Waals surface area contributed by atoms with Crippen LogP contribution in [0.25, 0.3) is 16.6 Å². The Hall–Kier alpha value is -2.90. The quantitative estimate of drug-likeness (QED) is 0.673. The summed E-state index contributed by atoms with van der Waals surface area (Å²) in [7, 11) is 0. The summed E-state index contributed by atoms with van der Waals surface area (Å²) < 4.78 is 46.3. The fourth-order valence-electron chi connectivity index (χ4n) is 2.58. The third-order valence-corrected chi connectivity index (χ3v) is 3.60. The van der Waals surface area contributed by atoms with E-state index in [9.17, 15) is 18.0 Å². The Morgan fingerprint density at radius 3 is 2.72 bits per heavy atom. The van der Waals surface area contributed by atoms with E-state index in [2.05, 4.69) is 10.1 Å². The van der Waals surface area contributed by atoms with Gasteiger partial charge in [-0.2, -0.15) is 18.3 Å².